The molecule has 35 heavy (non-hydrogen) atoms. The van der Waals surface area contributed by atoms with Crippen molar-refractivity contribution in [3.05, 3.63) is 65.0 Å². The van der Waals surface area contributed by atoms with Crippen LogP contribution >= 0.6 is 0 Å². The van der Waals surface area contributed by atoms with Crippen LogP contribution in [0.1, 0.15) is 34.9 Å². The normalized spacial score (nSPS) is 18.8. The van der Waals surface area contributed by atoms with Gasteiger partial charge < -0.3 is 14.3 Å². The first-order chi connectivity index (χ1) is 16.6. The number of benzene rings is 2. The van der Waals surface area contributed by atoms with E-state index in [-0.39, 0.29) is 41.4 Å². The van der Waals surface area contributed by atoms with Crippen LogP contribution in [0.15, 0.2) is 47.0 Å². The van der Waals surface area contributed by atoms with Gasteiger partial charge in [-0.15, -0.1) is 0 Å². The van der Waals surface area contributed by atoms with Crippen LogP contribution in [0.5, 0.6) is 0 Å². The van der Waals surface area contributed by atoms with E-state index in [0.717, 1.165) is 28.9 Å². The van der Waals surface area contributed by atoms with Crippen molar-refractivity contribution in [3.8, 4) is 11.4 Å². The molecule has 0 N–H and O–H groups in total. The average molecular weight is 484 g/mol. The molecule has 7 nitrogen and oxygen atoms in total. The minimum atomic E-state index is -4.47. The van der Waals surface area contributed by atoms with E-state index in [4.69, 9.17) is 4.52 Å². The number of aryl methyl sites for hydroxylation is 2. The molecule has 1 unspecified atom stereocenters. The Balaban J connectivity index is 1.21. The highest BCUT2D eigenvalue weighted by Gasteiger charge is 2.42. The second-order valence-electron chi connectivity index (χ2n) is 9.15. The van der Waals surface area contributed by atoms with Gasteiger partial charge in [0.2, 0.25) is 23.5 Å². The van der Waals surface area contributed by atoms with Crippen molar-refractivity contribution in [1.82, 2.24) is 15.0 Å². The Morgan fingerprint density at radius 3 is 2.54 bits per heavy atom. The molecular formula is C25H23F3N4O3. The second kappa shape index (κ2) is 8.51. The smallest absolute Gasteiger partial charge is 0.341 e. The van der Waals surface area contributed by atoms with E-state index < -0.39 is 17.7 Å². The zero-order valence-electron chi connectivity index (χ0n) is 19.2. The van der Waals surface area contributed by atoms with E-state index in [1.165, 1.54) is 12.1 Å². The van der Waals surface area contributed by atoms with Crippen molar-refractivity contribution >= 4 is 17.5 Å². The van der Waals surface area contributed by atoms with Crippen molar-refractivity contribution in [2.45, 2.75) is 32.4 Å². The van der Waals surface area contributed by atoms with Crippen molar-refractivity contribution in [2.24, 2.45) is 5.92 Å². The maximum absolute atomic E-state index is 13.0. The summed E-state index contributed by atoms with van der Waals surface area (Å²) in [6.07, 6.45) is -4.31. The molecular weight excluding hydrogens is 461 g/mol. The lowest BCUT2D eigenvalue weighted by Crippen LogP contribution is -2.51. The number of amides is 2. The van der Waals surface area contributed by atoms with Crippen LogP contribution in [0.25, 0.3) is 11.4 Å². The second-order valence-corrected chi connectivity index (χ2v) is 9.15. The number of carbonyl (C=O) groups is 2. The van der Waals surface area contributed by atoms with Crippen LogP contribution in [-0.2, 0) is 15.8 Å². The third-order valence-electron chi connectivity index (χ3n) is 6.71. The predicted octanol–water partition coefficient (Wildman–Crippen LogP) is 4.35. The van der Waals surface area contributed by atoms with Crippen LogP contribution in [0.4, 0.5) is 18.9 Å². The zero-order valence-corrected chi connectivity index (χ0v) is 19.2. The molecule has 2 amide bonds. The van der Waals surface area contributed by atoms with Crippen LogP contribution < -0.4 is 4.90 Å². The summed E-state index contributed by atoms with van der Waals surface area (Å²) in [5.41, 5.74) is 2.43. The quantitative estimate of drug-likeness (QED) is 0.550. The largest absolute Gasteiger partial charge is 0.416 e. The number of nitrogens with zero attached hydrogens (tertiary/aromatic N) is 4. The van der Waals surface area contributed by atoms with Crippen LogP contribution in [0.2, 0.25) is 0 Å². The molecule has 1 aromatic heterocycles. The number of hydrogen-bond acceptors (Lipinski definition) is 5. The van der Waals surface area contributed by atoms with E-state index in [9.17, 15) is 22.8 Å². The molecule has 2 aromatic carbocycles. The van der Waals surface area contributed by atoms with Gasteiger partial charge in [0, 0.05) is 37.3 Å². The Morgan fingerprint density at radius 1 is 1.06 bits per heavy atom. The van der Waals surface area contributed by atoms with E-state index in [1.807, 2.05) is 32.0 Å². The van der Waals surface area contributed by atoms with Gasteiger partial charge in [0.1, 0.15) is 0 Å². The van der Waals surface area contributed by atoms with Crippen molar-refractivity contribution < 1.29 is 27.3 Å². The lowest BCUT2D eigenvalue weighted by Gasteiger charge is -2.38. The van der Waals surface area contributed by atoms with Crippen LogP contribution in [0.3, 0.4) is 0 Å². The summed E-state index contributed by atoms with van der Waals surface area (Å²) in [4.78, 5) is 33.1. The Bertz CT molecular complexity index is 1300. The molecule has 2 aliphatic rings. The van der Waals surface area contributed by atoms with Crippen LogP contribution in [0, 0.1) is 19.8 Å². The number of aromatic nitrogens is 2. The number of rotatable bonds is 4. The maximum Gasteiger partial charge on any atom is 0.416 e. The summed E-state index contributed by atoms with van der Waals surface area (Å²) in [5, 5.41) is 3.82. The van der Waals surface area contributed by atoms with Gasteiger partial charge in [-0.3, -0.25) is 9.59 Å². The molecule has 0 radical (unpaired) electrons. The topological polar surface area (TPSA) is 79.5 Å². The Morgan fingerprint density at radius 2 is 1.83 bits per heavy atom. The molecule has 2 saturated heterocycles. The molecule has 182 valence electrons. The van der Waals surface area contributed by atoms with Crippen molar-refractivity contribution in [3.63, 3.8) is 0 Å². The van der Waals surface area contributed by atoms with Gasteiger partial charge in [0.25, 0.3) is 0 Å². The molecule has 10 heteroatoms. The number of anilines is 1. The average Bonchev–Trinajstić information content (AvgIpc) is 3.41. The van der Waals surface area contributed by atoms with Crippen LogP contribution in [-0.4, -0.2) is 46.5 Å². The Labute approximate surface area is 199 Å². The van der Waals surface area contributed by atoms with E-state index in [2.05, 4.69) is 10.1 Å². The van der Waals surface area contributed by atoms with Gasteiger partial charge in [-0.25, -0.2) is 0 Å². The van der Waals surface area contributed by atoms with Gasteiger partial charge in [0.15, 0.2) is 0 Å². The van der Waals surface area contributed by atoms with Gasteiger partial charge in [-0.05, 0) is 49.2 Å². The third kappa shape index (κ3) is 4.40. The standard InChI is InChI=1S/C25H23F3N4O3/c1-14-6-7-20(8-15(14)2)32-13-17(10-21(32)33)24(34)31-11-18(12-31)23-29-22(30-35-23)16-4-3-5-19(9-16)25(26,27)28/h3-9,17-18H,10-13H2,1-2H3. The number of alkyl halides is 3. The molecule has 3 heterocycles. The summed E-state index contributed by atoms with van der Waals surface area (Å²) in [6.45, 7) is 5.04. The predicted molar refractivity (Wildman–Crippen MR) is 120 cm³/mol. The third-order valence-corrected chi connectivity index (χ3v) is 6.71. The molecule has 0 aliphatic carbocycles. The number of carbonyl (C=O) groups excluding carboxylic acids is 2. The highest BCUT2D eigenvalue weighted by atomic mass is 19.4. The lowest BCUT2D eigenvalue weighted by atomic mass is 9.96. The highest BCUT2D eigenvalue weighted by molar-refractivity contribution is 6.00. The monoisotopic (exact) mass is 484 g/mol. The molecule has 5 rings (SSSR count). The summed E-state index contributed by atoms with van der Waals surface area (Å²) < 4.78 is 44.2. The maximum atomic E-state index is 13.0. The minimum Gasteiger partial charge on any atom is -0.341 e. The zero-order chi connectivity index (χ0) is 24.9. The number of halogens is 3. The number of likely N-dealkylation sites (tertiary alicyclic amines) is 1. The van der Waals surface area contributed by atoms with E-state index in [0.29, 0.717) is 19.6 Å². The first kappa shape index (κ1) is 23.1. The minimum absolute atomic E-state index is 0.0706. The summed E-state index contributed by atoms with van der Waals surface area (Å²) >= 11 is 0. The molecule has 2 fully saturated rings. The molecule has 0 saturated carbocycles. The lowest BCUT2D eigenvalue weighted by molar-refractivity contribution is -0.140. The first-order valence-electron chi connectivity index (χ1n) is 11.3. The van der Waals surface area contributed by atoms with E-state index >= 15 is 0 Å². The van der Waals surface area contributed by atoms with Gasteiger partial charge >= 0.3 is 6.18 Å². The fraction of sp³-hybridized carbons (Fsp3) is 0.360. The summed E-state index contributed by atoms with van der Waals surface area (Å²) in [7, 11) is 0. The molecule has 0 spiro atoms. The van der Waals surface area contributed by atoms with Gasteiger partial charge in [0.05, 0.1) is 17.4 Å². The SMILES string of the molecule is Cc1ccc(N2CC(C(=O)N3CC(c4nc(-c5cccc(C(F)(F)F)c5)no4)C3)CC2=O)cc1C. The molecule has 1 atom stereocenters. The van der Waals surface area contributed by atoms with Crippen molar-refractivity contribution in [2.75, 3.05) is 24.5 Å². The fourth-order valence-corrected chi connectivity index (χ4v) is 4.44. The first-order valence-corrected chi connectivity index (χ1v) is 11.3. The summed E-state index contributed by atoms with van der Waals surface area (Å²) in [5.74, 6) is -0.445. The molecule has 2 aliphatic heterocycles. The highest BCUT2D eigenvalue weighted by Crippen LogP contribution is 2.34. The molecule has 0 bridgehead atoms. The van der Waals surface area contributed by atoms with E-state index in [1.54, 1.807) is 9.80 Å². The number of hydrogen-bond donors (Lipinski definition) is 0. The fourth-order valence-electron chi connectivity index (χ4n) is 4.44. The Hall–Kier alpha value is -3.69. The Kier molecular flexibility index (Phi) is 5.61. The molecule has 3 aromatic rings. The van der Waals surface area contributed by atoms with Gasteiger partial charge in [-0.1, -0.05) is 23.4 Å². The van der Waals surface area contributed by atoms with Gasteiger partial charge in [-0.2, -0.15) is 18.2 Å². The summed E-state index contributed by atoms with van der Waals surface area (Å²) in [6, 6.07) is 10.5. The van der Waals surface area contributed by atoms with Crippen molar-refractivity contribution in [1.29, 1.82) is 0 Å².